The lowest BCUT2D eigenvalue weighted by Gasteiger charge is -2.26. The predicted molar refractivity (Wildman–Crippen MR) is 101 cm³/mol. The maximum atomic E-state index is 12.8. The highest BCUT2D eigenvalue weighted by Gasteiger charge is 2.38. The number of carbonyl (C=O) groups excluding carboxylic acids is 1. The number of morpholine rings is 1. The zero-order valence-corrected chi connectivity index (χ0v) is 17.0. The van der Waals surface area contributed by atoms with Gasteiger partial charge in [-0.1, -0.05) is 0 Å². The molecule has 0 unspecified atom stereocenters. The molecule has 30 heavy (non-hydrogen) atoms. The van der Waals surface area contributed by atoms with Crippen molar-refractivity contribution in [3.05, 3.63) is 39.3 Å². The lowest BCUT2D eigenvalue weighted by atomic mass is 10.2. The van der Waals surface area contributed by atoms with Crippen LogP contribution in [0, 0.1) is 0 Å². The minimum absolute atomic E-state index is 0.0440. The SMILES string of the molecule is Cn1nc(C(=O)N2CCOCC2)c2c1CN(Cc1ccsc1)C2.O=C(O)C(F)(F)F. The number of alkyl halides is 3. The van der Waals surface area contributed by atoms with Crippen molar-refractivity contribution in [3.8, 4) is 0 Å². The van der Waals surface area contributed by atoms with E-state index < -0.39 is 12.1 Å². The Balaban J connectivity index is 0.000000318. The molecule has 0 atom stereocenters. The van der Waals surface area contributed by atoms with E-state index >= 15 is 0 Å². The molecule has 1 fully saturated rings. The number of fused-ring (bicyclic) bond motifs is 1. The summed E-state index contributed by atoms with van der Waals surface area (Å²) in [6.07, 6.45) is -5.08. The number of aliphatic carboxylic acids is 1. The van der Waals surface area contributed by atoms with E-state index in [0.717, 1.165) is 30.9 Å². The Morgan fingerprint density at radius 1 is 1.27 bits per heavy atom. The maximum absolute atomic E-state index is 12.8. The Morgan fingerprint density at radius 3 is 2.50 bits per heavy atom. The number of hydrogen-bond acceptors (Lipinski definition) is 6. The van der Waals surface area contributed by atoms with Crippen molar-refractivity contribution in [2.24, 2.45) is 7.05 Å². The normalized spacial score (nSPS) is 16.7. The van der Waals surface area contributed by atoms with Crippen molar-refractivity contribution < 1.29 is 32.6 Å². The molecule has 12 heteroatoms. The summed E-state index contributed by atoms with van der Waals surface area (Å²) in [5, 5.41) is 15.9. The first kappa shape index (κ1) is 22.2. The minimum Gasteiger partial charge on any atom is -0.475 e. The van der Waals surface area contributed by atoms with Gasteiger partial charge in [-0.05, 0) is 22.4 Å². The number of carbonyl (C=O) groups is 2. The Kier molecular flexibility index (Phi) is 6.78. The fourth-order valence-electron chi connectivity index (χ4n) is 3.30. The molecule has 2 aromatic heterocycles. The molecular formula is C18H21F3N4O4S. The molecule has 1 N–H and O–H groups in total. The first-order chi connectivity index (χ1) is 14.2. The summed E-state index contributed by atoms with van der Waals surface area (Å²) in [5.74, 6) is -2.71. The molecule has 4 rings (SSSR count). The number of rotatable bonds is 3. The second-order valence-electron chi connectivity index (χ2n) is 6.88. The Morgan fingerprint density at radius 2 is 1.93 bits per heavy atom. The summed E-state index contributed by atoms with van der Waals surface area (Å²) < 4.78 is 38.9. The zero-order valence-electron chi connectivity index (χ0n) is 16.2. The van der Waals surface area contributed by atoms with Gasteiger partial charge in [0.2, 0.25) is 0 Å². The largest absolute Gasteiger partial charge is 0.490 e. The van der Waals surface area contributed by atoms with Crippen LogP contribution in [0.2, 0.25) is 0 Å². The van der Waals surface area contributed by atoms with E-state index in [2.05, 4.69) is 26.8 Å². The molecule has 4 heterocycles. The summed E-state index contributed by atoms with van der Waals surface area (Å²) in [5.41, 5.74) is 4.21. The van der Waals surface area contributed by atoms with Crippen LogP contribution in [0.3, 0.4) is 0 Å². The van der Waals surface area contributed by atoms with Gasteiger partial charge in [-0.15, -0.1) is 0 Å². The summed E-state index contributed by atoms with van der Waals surface area (Å²) >= 11 is 1.72. The lowest BCUT2D eigenvalue weighted by Crippen LogP contribution is -2.41. The van der Waals surface area contributed by atoms with Gasteiger partial charge in [0.15, 0.2) is 5.69 Å². The molecule has 8 nitrogen and oxygen atoms in total. The highest BCUT2D eigenvalue weighted by molar-refractivity contribution is 7.07. The fourth-order valence-corrected chi connectivity index (χ4v) is 3.96. The molecule has 164 valence electrons. The van der Waals surface area contributed by atoms with Gasteiger partial charge in [-0.2, -0.15) is 29.6 Å². The third-order valence-corrected chi connectivity index (χ3v) is 5.49. The Bertz CT molecular complexity index is 892. The van der Waals surface area contributed by atoms with Crippen molar-refractivity contribution >= 4 is 23.2 Å². The van der Waals surface area contributed by atoms with Gasteiger partial charge in [-0.25, -0.2) is 4.79 Å². The highest BCUT2D eigenvalue weighted by atomic mass is 32.1. The van der Waals surface area contributed by atoms with Crippen LogP contribution in [0.1, 0.15) is 27.3 Å². The van der Waals surface area contributed by atoms with Crippen LogP contribution in [0.25, 0.3) is 0 Å². The quantitative estimate of drug-likeness (QED) is 0.777. The van der Waals surface area contributed by atoms with Crippen LogP contribution in [0.5, 0.6) is 0 Å². The fraction of sp³-hybridized carbons (Fsp3) is 0.500. The number of amides is 1. The van der Waals surface area contributed by atoms with E-state index in [1.54, 1.807) is 11.3 Å². The van der Waals surface area contributed by atoms with E-state index in [1.165, 1.54) is 5.56 Å². The number of hydrogen-bond donors (Lipinski definition) is 1. The molecule has 0 aromatic carbocycles. The molecule has 0 spiro atoms. The Hall–Kier alpha value is -2.44. The van der Waals surface area contributed by atoms with E-state index in [-0.39, 0.29) is 5.91 Å². The zero-order chi connectivity index (χ0) is 21.9. The third-order valence-electron chi connectivity index (χ3n) is 4.76. The molecular weight excluding hydrogens is 425 g/mol. The summed E-state index contributed by atoms with van der Waals surface area (Å²) in [4.78, 5) is 25.9. The van der Waals surface area contributed by atoms with Gasteiger partial charge in [0.05, 0.1) is 18.9 Å². The average Bonchev–Trinajstić information content (AvgIpc) is 3.41. The number of aromatic nitrogens is 2. The van der Waals surface area contributed by atoms with Crippen LogP contribution in [0.4, 0.5) is 13.2 Å². The summed E-state index contributed by atoms with van der Waals surface area (Å²) in [7, 11) is 1.93. The van der Waals surface area contributed by atoms with Crippen LogP contribution >= 0.6 is 11.3 Å². The molecule has 0 saturated carbocycles. The van der Waals surface area contributed by atoms with Crippen molar-refractivity contribution in [1.82, 2.24) is 19.6 Å². The number of ether oxygens (including phenoxy) is 1. The lowest BCUT2D eigenvalue weighted by molar-refractivity contribution is -0.192. The number of carboxylic acid groups (broad SMARTS) is 1. The van der Waals surface area contributed by atoms with Crippen LogP contribution in [0.15, 0.2) is 16.8 Å². The second-order valence-corrected chi connectivity index (χ2v) is 7.66. The van der Waals surface area contributed by atoms with Gasteiger partial charge in [0, 0.05) is 45.3 Å². The van der Waals surface area contributed by atoms with E-state index in [1.807, 2.05) is 16.6 Å². The van der Waals surface area contributed by atoms with E-state index in [4.69, 9.17) is 14.6 Å². The maximum Gasteiger partial charge on any atom is 0.490 e. The first-order valence-corrected chi connectivity index (χ1v) is 10.1. The summed E-state index contributed by atoms with van der Waals surface area (Å²) in [6, 6.07) is 2.16. The first-order valence-electron chi connectivity index (χ1n) is 9.12. The monoisotopic (exact) mass is 446 g/mol. The minimum atomic E-state index is -5.08. The van der Waals surface area contributed by atoms with Crippen molar-refractivity contribution in [2.45, 2.75) is 25.8 Å². The average molecular weight is 446 g/mol. The van der Waals surface area contributed by atoms with Gasteiger partial charge >= 0.3 is 12.1 Å². The van der Waals surface area contributed by atoms with Gasteiger partial charge in [0.1, 0.15) is 0 Å². The topological polar surface area (TPSA) is 87.9 Å². The smallest absolute Gasteiger partial charge is 0.475 e. The van der Waals surface area contributed by atoms with Crippen LogP contribution < -0.4 is 0 Å². The van der Waals surface area contributed by atoms with Crippen LogP contribution in [-0.2, 0) is 36.2 Å². The summed E-state index contributed by atoms with van der Waals surface area (Å²) in [6.45, 7) is 5.11. The molecule has 0 bridgehead atoms. The third kappa shape index (κ3) is 5.18. The molecule has 2 aliphatic rings. The molecule has 0 radical (unpaired) electrons. The van der Waals surface area contributed by atoms with Gasteiger partial charge in [0.25, 0.3) is 5.91 Å². The Labute approximate surface area is 174 Å². The van der Waals surface area contributed by atoms with E-state index in [0.29, 0.717) is 32.0 Å². The van der Waals surface area contributed by atoms with E-state index in [9.17, 15) is 18.0 Å². The van der Waals surface area contributed by atoms with Crippen molar-refractivity contribution in [3.63, 3.8) is 0 Å². The van der Waals surface area contributed by atoms with Gasteiger partial charge < -0.3 is 14.7 Å². The number of aryl methyl sites for hydroxylation is 1. The van der Waals surface area contributed by atoms with Crippen molar-refractivity contribution in [1.29, 1.82) is 0 Å². The number of carboxylic acids is 1. The molecule has 2 aromatic rings. The number of nitrogens with zero attached hydrogens (tertiary/aromatic N) is 4. The van der Waals surface area contributed by atoms with Gasteiger partial charge in [-0.3, -0.25) is 14.4 Å². The predicted octanol–water partition coefficient (Wildman–Crippen LogP) is 2.10. The second kappa shape index (κ2) is 9.14. The highest BCUT2D eigenvalue weighted by Crippen LogP contribution is 2.28. The van der Waals surface area contributed by atoms with Crippen LogP contribution in [-0.4, -0.2) is 69.0 Å². The molecule has 1 saturated heterocycles. The number of halogens is 3. The number of thiophene rings is 1. The molecule has 2 aliphatic heterocycles. The standard InChI is InChI=1S/C16H20N4O2S.C2HF3O2/c1-18-14-10-19(8-12-2-7-23-11-12)9-13(14)15(17-18)16(21)20-3-5-22-6-4-20;3-2(4,5)1(6)7/h2,7,11H,3-6,8-10H2,1H3;(H,6,7). The van der Waals surface area contributed by atoms with Crippen molar-refractivity contribution in [2.75, 3.05) is 26.3 Å². The molecule has 1 amide bonds. The molecule has 0 aliphatic carbocycles.